The number of rotatable bonds is 4. The molecule has 20 heavy (non-hydrogen) atoms. The lowest BCUT2D eigenvalue weighted by Gasteiger charge is -2.61. The smallest absolute Gasteiger partial charge is 0.0287 e. The average Bonchev–Trinajstić information content (AvgIpc) is 2.46. The van der Waals surface area contributed by atoms with Gasteiger partial charge in [0.15, 0.2) is 0 Å². The average molecular weight is 277 g/mol. The van der Waals surface area contributed by atoms with Crippen molar-refractivity contribution in [1.29, 1.82) is 0 Å². The molecule has 0 aromatic heterocycles. The maximum Gasteiger partial charge on any atom is -0.0287 e. The fourth-order valence-corrected chi connectivity index (χ4v) is 6.02. The molecule has 3 aliphatic carbocycles. The zero-order chi connectivity index (χ0) is 14.1. The minimum absolute atomic E-state index is 0.835. The number of hydrogen-bond acceptors (Lipinski definition) is 0. The summed E-state index contributed by atoms with van der Waals surface area (Å²) in [6.45, 7) is 4.73. The molecule has 0 heteroatoms. The van der Waals surface area contributed by atoms with Crippen LogP contribution in [0.5, 0.6) is 0 Å². The van der Waals surface area contributed by atoms with E-state index in [9.17, 15) is 0 Å². The third-order valence-electron chi connectivity index (χ3n) is 7.37. The van der Waals surface area contributed by atoms with Crippen LogP contribution < -0.4 is 0 Å². The van der Waals surface area contributed by atoms with Gasteiger partial charge in [-0.2, -0.15) is 0 Å². The van der Waals surface area contributed by atoms with E-state index in [1.54, 1.807) is 64.2 Å². The van der Waals surface area contributed by atoms with Gasteiger partial charge in [-0.25, -0.2) is 0 Å². The fourth-order valence-electron chi connectivity index (χ4n) is 6.02. The van der Waals surface area contributed by atoms with Crippen LogP contribution in [-0.2, 0) is 0 Å². The molecule has 3 saturated carbocycles. The van der Waals surface area contributed by atoms with Crippen molar-refractivity contribution in [3.8, 4) is 0 Å². The molecule has 0 bridgehead atoms. The molecule has 0 aromatic rings. The Labute approximate surface area is 127 Å². The summed E-state index contributed by atoms with van der Waals surface area (Å²) in [7, 11) is 0. The van der Waals surface area contributed by atoms with E-state index in [1.165, 1.54) is 25.7 Å². The Hall–Kier alpha value is 0. The summed E-state index contributed by atoms with van der Waals surface area (Å²) >= 11 is 0. The Balaban J connectivity index is 1.44. The third-order valence-corrected chi connectivity index (χ3v) is 7.37. The standard InChI is InChI=1S/C20H36/c1-3-5-6-18-9-13-20(14-10-18)15-19(16-20)11-7-17(4-2)8-12-19/h17-18H,3-16H2,1-2H3. The summed E-state index contributed by atoms with van der Waals surface area (Å²) in [4.78, 5) is 0. The Morgan fingerprint density at radius 1 is 0.750 bits per heavy atom. The van der Waals surface area contributed by atoms with E-state index in [2.05, 4.69) is 13.8 Å². The normalized spacial score (nSPS) is 44.7. The molecule has 0 nitrogen and oxygen atoms in total. The fraction of sp³-hybridized carbons (Fsp3) is 1.00. The van der Waals surface area contributed by atoms with Gasteiger partial charge in [-0.1, -0.05) is 39.5 Å². The maximum atomic E-state index is 2.39. The van der Waals surface area contributed by atoms with Gasteiger partial charge in [0.2, 0.25) is 0 Å². The largest absolute Gasteiger partial charge is 0.0654 e. The van der Waals surface area contributed by atoms with Crippen LogP contribution in [0, 0.1) is 22.7 Å². The van der Waals surface area contributed by atoms with Crippen molar-refractivity contribution < 1.29 is 0 Å². The molecule has 0 unspecified atom stereocenters. The van der Waals surface area contributed by atoms with Crippen LogP contribution in [0.1, 0.15) is 104 Å². The van der Waals surface area contributed by atoms with E-state index in [0.717, 1.165) is 22.7 Å². The number of hydrogen-bond donors (Lipinski definition) is 0. The van der Waals surface area contributed by atoms with E-state index in [0.29, 0.717) is 0 Å². The maximum absolute atomic E-state index is 2.39. The van der Waals surface area contributed by atoms with Gasteiger partial charge >= 0.3 is 0 Å². The van der Waals surface area contributed by atoms with E-state index in [1.807, 2.05) is 0 Å². The highest BCUT2D eigenvalue weighted by atomic mass is 14.6. The van der Waals surface area contributed by atoms with Crippen molar-refractivity contribution in [2.45, 2.75) is 104 Å². The Bertz CT molecular complexity index is 290. The lowest BCUT2D eigenvalue weighted by molar-refractivity contribution is -0.101. The van der Waals surface area contributed by atoms with Gasteiger partial charge in [0, 0.05) is 0 Å². The molecule has 3 fully saturated rings. The van der Waals surface area contributed by atoms with Gasteiger partial charge in [-0.05, 0) is 86.9 Å². The van der Waals surface area contributed by atoms with E-state index in [4.69, 9.17) is 0 Å². The molecule has 0 heterocycles. The Kier molecular flexibility index (Phi) is 4.48. The molecular formula is C20H36. The summed E-state index contributed by atoms with van der Waals surface area (Å²) in [6, 6.07) is 0. The van der Waals surface area contributed by atoms with Crippen LogP contribution in [0.3, 0.4) is 0 Å². The summed E-state index contributed by atoms with van der Waals surface area (Å²) in [5, 5.41) is 0. The van der Waals surface area contributed by atoms with Gasteiger partial charge in [-0.3, -0.25) is 0 Å². The van der Waals surface area contributed by atoms with Gasteiger partial charge in [0.05, 0.1) is 0 Å². The quantitative estimate of drug-likeness (QED) is 0.533. The first kappa shape index (κ1) is 14.9. The first-order chi connectivity index (χ1) is 9.69. The second kappa shape index (κ2) is 6.01. The second-order valence-corrected chi connectivity index (χ2v) is 8.79. The van der Waals surface area contributed by atoms with Gasteiger partial charge in [0.25, 0.3) is 0 Å². The predicted octanol–water partition coefficient (Wildman–Crippen LogP) is 6.73. The minimum atomic E-state index is 0.835. The molecule has 0 aromatic carbocycles. The van der Waals surface area contributed by atoms with Crippen LogP contribution in [-0.4, -0.2) is 0 Å². The molecule has 2 spiro atoms. The van der Waals surface area contributed by atoms with Crippen LogP contribution in [0.15, 0.2) is 0 Å². The zero-order valence-electron chi connectivity index (χ0n) is 14.1. The van der Waals surface area contributed by atoms with Crippen molar-refractivity contribution in [2.75, 3.05) is 0 Å². The summed E-state index contributed by atoms with van der Waals surface area (Å²) in [5.41, 5.74) is 1.67. The first-order valence-electron chi connectivity index (χ1n) is 9.69. The lowest BCUT2D eigenvalue weighted by atomic mass is 9.44. The van der Waals surface area contributed by atoms with Crippen molar-refractivity contribution >= 4 is 0 Å². The highest BCUT2D eigenvalue weighted by molar-refractivity contribution is 5.06. The van der Waals surface area contributed by atoms with Crippen LogP contribution >= 0.6 is 0 Å². The molecule has 0 aliphatic heterocycles. The van der Waals surface area contributed by atoms with Crippen molar-refractivity contribution in [2.24, 2.45) is 22.7 Å². The molecule has 0 atom stereocenters. The van der Waals surface area contributed by atoms with Crippen LogP contribution in [0.4, 0.5) is 0 Å². The number of unbranched alkanes of at least 4 members (excludes halogenated alkanes) is 1. The monoisotopic (exact) mass is 276 g/mol. The Morgan fingerprint density at radius 2 is 1.25 bits per heavy atom. The van der Waals surface area contributed by atoms with Crippen molar-refractivity contribution in [3.05, 3.63) is 0 Å². The predicted molar refractivity (Wildman–Crippen MR) is 87.8 cm³/mol. The van der Waals surface area contributed by atoms with E-state index >= 15 is 0 Å². The Morgan fingerprint density at radius 3 is 1.70 bits per heavy atom. The molecule has 3 aliphatic rings. The lowest BCUT2D eigenvalue weighted by Crippen LogP contribution is -2.49. The third kappa shape index (κ3) is 2.95. The highest BCUT2D eigenvalue weighted by Gasteiger charge is 2.55. The van der Waals surface area contributed by atoms with Gasteiger partial charge in [-0.15, -0.1) is 0 Å². The van der Waals surface area contributed by atoms with E-state index in [-0.39, 0.29) is 0 Å². The molecular weight excluding hydrogens is 240 g/mol. The molecule has 0 amide bonds. The summed E-state index contributed by atoms with van der Waals surface area (Å²) in [6.07, 6.45) is 21.6. The van der Waals surface area contributed by atoms with Gasteiger partial charge < -0.3 is 0 Å². The van der Waals surface area contributed by atoms with Crippen LogP contribution in [0.2, 0.25) is 0 Å². The molecule has 0 N–H and O–H groups in total. The van der Waals surface area contributed by atoms with Crippen LogP contribution in [0.25, 0.3) is 0 Å². The SMILES string of the molecule is CCCCC1CCC2(CC1)CC1(CCC(CC)CC1)C2. The van der Waals surface area contributed by atoms with Gasteiger partial charge in [0.1, 0.15) is 0 Å². The zero-order valence-corrected chi connectivity index (χ0v) is 14.1. The summed E-state index contributed by atoms with van der Waals surface area (Å²) in [5.74, 6) is 2.16. The van der Waals surface area contributed by atoms with Crippen molar-refractivity contribution in [3.63, 3.8) is 0 Å². The first-order valence-corrected chi connectivity index (χ1v) is 9.69. The van der Waals surface area contributed by atoms with E-state index < -0.39 is 0 Å². The highest BCUT2D eigenvalue weighted by Crippen LogP contribution is 2.66. The topological polar surface area (TPSA) is 0 Å². The summed E-state index contributed by atoms with van der Waals surface area (Å²) < 4.78 is 0. The molecule has 0 saturated heterocycles. The molecule has 3 rings (SSSR count). The van der Waals surface area contributed by atoms with Crippen molar-refractivity contribution in [1.82, 2.24) is 0 Å². The minimum Gasteiger partial charge on any atom is -0.0654 e. The molecule has 0 radical (unpaired) electrons. The molecule has 116 valence electrons. The second-order valence-electron chi connectivity index (χ2n) is 8.79.